The van der Waals surface area contributed by atoms with Crippen LogP contribution in [0.15, 0.2) is 12.4 Å². The zero-order valence-electron chi connectivity index (χ0n) is 9.96. The summed E-state index contributed by atoms with van der Waals surface area (Å²) in [6, 6.07) is -0.369. The van der Waals surface area contributed by atoms with Crippen molar-refractivity contribution in [1.29, 1.82) is 0 Å². The van der Waals surface area contributed by atoms with E-state index in [0.29, 0.717) is 6.54 Å². The van der Waals surface area contributed by atoms with Gasteiger partial charge in [0.2, 0.25) is 0 Å². The molecule has 1 aliphatic heterocycles. The average Bonchev–Trinajstić information content (AvgIpc) is 2.32. The van der Waals surface area contributed by atoms with Gasteiger partial charge in [-0.2, -0.15) is 0 Å². The number of hydrogen-bond acceptors (Lipinski definition) is 4. The van der Waals surface area contributed by atoms with Crippen molar-refractivity contribution in [3.63, 3.8) is 0 Å². The molecule has 0 aromatic carbocycles. The molecule has 0 amide bonds. The lowest BCUT2D eigenvalue weighted by Crippen LogP contribution is -2.44. The minimum absolute atomic E-state index is 0.369. The van der Waals surface area contributed by atoms with Crippen LogP contribution in [0.1, 0.15) is 30.7 Å². The zero-order chi connectivity index (χ0) is 12.3. The Labute approximate surface area is 100 Å². The fourth-order valence-corrected chi connectivity index (χ4v) is 2.17. The first kappa shape index (κ1) is 12.0. The summed E-state index contributed by atoms with van der Waals surface area (Å²) in [6.07, 6.45) is 6.22. The minimum Gasteiger partial charge on any atom is -0.480 e. The summed E-state index contributed by atoms with van der Waals surface area (Å²) >= 11 is 0. The number of rotatable bonds is 3. The normalized spacial score (nSPS) is 21.4. The third kappa shape index (κ3) is 3.00. The number of piperidine rings is 1. The maximum atomic E-state index is 11.1. The molecule has 5 heteroatoms. The number of aromatic nitrogens is 2. The van der Waals surface area contributed by atoms with E-state index in [1.54, 1.807) is 12.4 Å². The molecule has 1 aromatic rings. The molecule has 0 saturated carbocycles. The smallest absolute Gasteiger partial charge is 0.320 e. The predicted molar refractivity (Wildman–Crippen MR) is 62.5 cm³/mol. The molecule has 5 nitrogen and oxygen atoms in total. The molecule has 0 radical (unpaired) electrons. The number of carboxylic acids is 1. The number of carbonyl (C=O) groups is 1. The third-order valence-electron chi connectivity index (χ3n) is 3.10. The maximum Gasteiger partial charge on any atom is 0.320 e. The summed E-state index contributed by atoms with van der Waals surface area (Å²) in [4.78, 5) is 21.6. The number of aliphatic carboxylic acids is 1. The fraction of sp³-hybridized carbons (Fsp3) is 0.583. The van der Waals surface area contributed by atoms with Gasteiger partial charge in [0.1, 0.15) is 6.04 Å². The monoisotopic (exact) mass is 235 g/mol. The van der Waals surface area contributed by atoms with Crippen LogP contribution in [0.4, 0.5) is 0 Å². The first-order valence-electron chi connectivity index (χ1n) is 5.91. The van der Waals surface area contributed by atoms with Crippen LogP contribution < -0.4 is 0 Å². The minimum atomic E-state index is -0.732. The van der Waals surface area contributed by atoms with Crippen molar-refractivity contribution in [3.05, 3.63) is 23.8 Å². The van der Waals surface area contributed by atoms with Gasteiger partial charge in [-0.15, -0.1) is 0 Å². The Morgan fingerprint density at radius 3 is 2.94 bits per heavy atom. The fourth-order valence-electron chi connectivity index (χ4n) is 2.17. The van der Waals surface area contributed by atoms with E-state index in [4.69, 9.17) is 5.11 Å². The van der Waals surface area contributed by atoms with Crippen LogP contribution in [0.2, 0.25) is 0 Å². The van der Waals surface area contributed by atoms with E-state index in [1.165, 1.54) is 0 Å². The second-order valence-electron chi connectivity index (χ2n) is 4.47. The lowest BCUT2D eigenvalue weighted by molar-refractivity contribution is -0.144. The standard InChI is InChI=1S/C12H17N3O2/c1-9-6-14-10(7-13-9)8-15-5-3-2-4-11(15)12(16)17/h6-7,11H,2-5,8H2,1H3,(H,16,17). The highest BCUT2D eigenvalue weighted by Gasteiger charge is 2.28. The van der Waals surface area contributed by atoms with E-state index in [0.717, 1.165) is 37.2 Å². The molecule has 1 unspecified atom stereocenters. The van der Waals surface area contributed by atoms with Gasteiger partial charge in [-0.05, 0) is 26.3 Å². The lowest BCUT2D eigenvalue weighted by Gasteiger charge is -2.32. The Kier molecular flexibility index (Phi) is 3.68. The summed E-state index contributed by atoms with van der Waals surface area (Å²) < 4.78 is 0. The van der Waals surface area contributed by atoms with Gasteiger partial charge in [0, 0.05) is 18.9 Å². The Balaban J connectivity index is 2.05. The molecule has 0 aliphatic carbocycles. The van der Waals surface area contributed by atoms with Crippen molar-refractivity contribution in [3.8, 4) is 0 Å². The second-order valence-corrected chi connectivity index (χ2v) is 4.47. The van der Waals surface area contributed by atoms with Gasteiger partial charge < -0.3 is 5.11 Å². The van der Waals surface area contributed by atoms with Crippen molar-refractivity contribution in [2.75, 3.05) is 6.54 Å². The van der Waals surface area contributed by atoms with Crippen LogP contribution >= 0.6 is 0 Å². The molecule has 0 bridgehead atoms. The average molecular weight is 235 g/mol. The van der Waals surface area contributed by atoms with Crippen LogP contribution in [-0.2, 0) is 11.3 Å². The van der Waals surface area contributed by atoms with Crippen molar-refractivity contribution >= 4 is 5.97 Å². The lowest BCUT2D eigenvalue weighted by atomic mass is 10.0. The zero-order valence-corrected chi connectivity index (χ0v) is 9.96. The molecule has 1 atom stereocenters. The molecular weight excluding hydrogens is 218 g/mol. The first-order valence-corrected chi connectivity index (χ1v) is 5.91. The summed E-state index contributed by atoms with van der Waals surface area (Å²) in [5, 5.41) is 9.15. The van der Waals surface area contributed by atoms with Crippen LogP contribution in [0.5, 0.6) is 0 Å². The Morgan fingerprint density at radius 1 is 1.47 bits per heavy atom. The van der Waals surface area contributed by atoms with Crippen LogP contribution in [-0.4, -0.2) is 38.5 Å². The first-order chi connectivity index (χ1) is 8.16. The molecule has 92 valence electrons. The van der Waals surface area contributed by atoms with Crippen LogP contribution in [0, 0.1) is 6.92 Å². The highest BCUT2D eigenvalue weighted by Crippen LogP contribution is 2.19. The highest BCUT2D eigenvalue weighted by atomic mass is 16.4. The van der Waals surface area contributed by atoms with E-state index in [9.17, 15) is 4.79 Å². The Morgan fingerprint density at radius 2 is 2.29 bits per heavy atom. The number of nitrogens with zero attached hydrogens (tertiary/aromatic N) is 3. The number of hydrogen-bond donors (Lipinski definition) is 1. The van der Waals surface area contributed by atoms with Gasteiger partial charge in [-0.3, -0.25) is 19.7 Å². The van der Waals surface area contributed by atoms with Crippen LogP contribution in [0.3, 0.4) is 0 Å². The summed E-state index contributed by atoms with van der Waals surface area (Å²) in [6.45, 7) is 3.29. The van der Waals surface area contributed by atoms with Crippen molar-refractivity contribution in [2.24, 2.45) is 0 Å². The summed E-state index contributed by atoms with van der Waals surface area (Å²) in [5.74, 6) is -0.732. The molecule has 1 fully saturated rings. The largest absolute Gasteiger partial charge is 0.480 e. The number of aryl methyl sites for hydroxylation is 1. The predicted octanol–water partition coefficient (Wildman–Crippen LogP) is 1.22. The maximum absolute atomic E-state index is 11.1. The van der Waals surface area contributed by atoms with E-state index in [1.807, 2.05) is 11.8 Å². The summed E-state index contributed by atoms with van der Waals surface area (Å²) in [5.41, 5.74) is 1.71. The highest BCUT2D eigenvalue weighted by molar-refractivity contribution is 5.73. The quantitative estimate of drug-likeness (QED) is 0.853. The third-order valence-corrected chi connectivity index (χ3v) is 3.10. The van der Waals surface area contributed by atoms with E-state index in [2.05, 4.69) is 9.97 Å². The van der Waals surface area contributed by atoms with Gasteiger partial charge in [-0.25, -0.2) is 0 Å². The van der Waals surface area contributed by atoms with Crippen molar-refractivity contribution in [1.82, 2.24) is 14.9 Å². The van der Waals surface area contributed by atoms with Gasteiger partial charge in [-0.1, -0.05) is 6.42 Å². The molecule has 2 rings (SSSR count). The van der Waals surface area contributed by atoms with E-state index < -0.39 is 5.97 Å². The van der Waals surface area contributed by atoms with E-state index >= 15 is 0 Å². The SMILES string of the molecule is Cc1cnc(CN2CCCCC2C(=O)O)cn1. The molecule has 0 spiro atoms. The number of carboxylic acid groups (broad SMARTS) is 1. The molecule has 1 aliphatic rings. The molecule has 17 heavy (non-hydrogen) atoms. The topological polar surface area (TPSA) is 66.3 Å². The molecular formula is C12H17N3O2. The number of likely N-dealkylation sites (tertiary alicyclic amines) is 1. The molecule has 2 heterocycles. The molecule has 1 aromatic heterocycles. The van der Waals surface area contributed by atoms with Gasteiger partial charge in [0.05, 0.1) is 11.4 Å². The van der Waals surface area contributed by atoms with E-state index in [-0.39, 0.29) is 6.04 Å². The van der Waals surface area contributed by atoms with Gasteiger partial charge in [0.25, 0.3) is 0 Å². The summed E-state index contributed by atoms with van der Waals surface area (Å²) in [7, 11) is 0. The van der Waals surface area contributed by atoms with Gasteiger partial charge in [0.15, 0.2) is 0 Å². The Bertz CT molecular complexity index is 391. The molecule has 1 saturated heterocycles. The molecule has 1 N–H and O–H groups in total. The van der Waals surface area contributed by atoms with Crippen LogP contribution in [0.25, 0.3) is 0 Å². The van der Waals surface area contributed by atoms with Crippen molar-refractivity contribution < 1.29 is 9.90 Å². The van der Waals surface area contributed by atoms with Crippen molar-refractivity contribution in [2.45, 2.75) is 38.8 Å². The van der Waals surface area contributed by atoms with Gasteiger partial charge >= 0.3 is 5.97 Å². The Hall–Kier alpha value is -1.49. The second kappa shape index (κ2) is 5.23.